The minimum Gasteiger partial charge on any atom is -0.306 e. The molecule has 0 unspecified atom stereocenters. The number of nitrogens with one attached hydrogen (secondary N) is 1. The standard InChI is InChI=1S/C13H15FN2S/c1-2-12-8-16-13(17-12)9-15-7-10-4-3-5-11(14)6-10/h3-6,8,15H,2,7,9H2,1H3. The highest BCUT2D eigenvalue weighted by Gasteiger charge is 2.00. The minimum atomic E-state index is -0.188. The molecule has 17 heavy (non-hydrogen) atoms. The lowest BCUT2D eigenvalue weighted by molar-refractivity contribution is 0.620. The summed E-state index contributed by atoms with van der Waals surface area (Å²) in [4.78, 5) is 5.62. The number of hydrogen-bond donors (Lipinski definition) is 1. The van der Waals surface area contributed by atoms with Crippen molar-refractivity contribution in [3.8, 4) is 0 Å². The van der Waals surface area contributed by atoms with Crippen molar-refractivity contribution in [1.29, 1.82) is 0 Å². The molecule has 0 atom stereocenters. The molecule has 0 saturated carbocycles. The van der Waals surface area contributed by atoms with Crippen LogP contribution in [0.2, 0.25) is 0 Å². The van der Waals surface area contributed by atoms with Crippen LogP contribution in [0.25, 0.3) is 0 Å². The Balaban J connectivity index is 1.83. The Kier molecular flexibility index (Phi) is 4.23. The van der Waals surface area contributed by atoms with Crippen molar-refractivity contribution in [2.75, 3.05) is 0 Å². The summed E-state index contributed by atoms with van der Waals surface area (Å²) in [5, 5.41) is 4.35. The van der Waals surface area contributed by atoms with E-state index >= 15 is 0 Å². The second-order valence-electron chi connectivity index (χ2n) is 3.81. The number of aromatic nitrogens is 1. The van der Waals surface area contributed by atoms with Crippen molar-refractivity contribution in [1.82, 2.24) is 10.3 Å². The van der Waals surface area contributed by atoms with E-state index in [1.54, 1.807) is 23.5 Å². The first-order valence-electron chi connectivity index (χ1n) is 5.66. The number of hydrogen-bond acceptors (Lipinski definition) is 3. The molecule has 0 fully saturated rings. The largest absolute Gasteiger partial charge is 0.306 e. The summed E-state index contributed by atoms with van der Waals surface area (Å²) < 4.78 is 12.9. The smallest absolute Gasteiger partial charge is 0.123 e. The van der Waals surface area contributed by atoms with Crippen molar-refractivity contribution in [2.24, 2.45) is 0 Å². The molecule has 0 aliphatic rings. The number of halogens is 1. The van der Waals surface area contributed by atoms with Crippen molar-refractivity contribution in [3.05, 3.63) is 51.7 Å². The first-order chi connectivity index (χ1) is 8.28. The molecule has 1 N–H and O–H groups in total. The molecule has 2 nitrogen and oxygen atoms in total. The molecule has 2 rings (SSSR count). The van der Waals surface area contributed by atoms with Crippen LogP contribution < -0.4 is 5.32 Å². The fourth-order valence-electron chi connectivity index (χ4n) is 1.55. The van der Waals surface area contributed by atoms with Gasteiger partial charge in [-0.2, -0.15) is 0 Å². The molecular weight excluding hydrogens is 235 g/mol. The summed E-state index contributed by atoms with van der Waals surface area (Å²) >= 11 is 1.72. The van der Waals surface area contributed by atoms with E-state index in [9.17, 15) is 4.39 Å². The molecule has 0 amide bonds. The van der Waals surface area contributed by atoms with Gasteiger partial charge in [0, 0.05) is 24.2 Å². The Hall–Kier alpha value is -1.26. The normalized spacial score (nSPS) is 10.7. The van der Waals surface area contributed by atoms with Crippen LogP contribution in [0.5, 0.6) is 0 Å². The average molecular weight is 250 g/mol. The van der Waals surface area contributed by atoms with Crippen LogP contribution in [0.3, 0.4) is 0 Å². The molecule has 0 aliphatic heterocycles. The molecule has 90 valence electrons. The van der Waals surface area contributed by atoms with Gasteiger partial charge in [0.1, 0.15) is 10.8 Å². The molecule has 1 heterocycles. The van der Waals surface area contributed by atoms with Crippen LogP contribution in [0, 0.1) is 5.82 Å². The summed E-state index contributed by atoms with van der Waals surface area (Å²) in [7, 11) is 0. The number of thiazole rings is 1. The van der Waals surface area contributed by atoms with Crippen molar-refractivity contribution in [3.63, 3.8) is 0 Å². The molecular formula is C13H15FN2S. The third-order valence-electron chi connectivity index (χ3n) is 2.44. The van der Waals surface area contributed by atoms with Crippen molar-refractivity contribution in [2.45, 2.75) is 26.4 Å². The van der Waals surface area contributed by atoms with Crippen LogP contribution in [0.1, 0.15) is 22.4 Å². The highest BCUT2D eigenvalue weighted by molar-refractivity contribution is 7.11. The van der Waals surface area contributed by atoms with Crippen LogP contribution in [0.4, 0.5) is 4.39 Å². The Morgan fingerprint density at radius 2 is 2.24 bits per heavy atom. The van der Waals surface area contributed by atoms with Gasteiger partial charge in [-0.25, -0.2) is 9.37 Å². The van der Waals surface area contributed by atoms with Gasteiger partial charge in [-0.15, -0.1) is 11.3 Å². The second-order valence-corrected chi connectivity index (χ2v) is 5.01. The number of rotatable bonds is 5. The summed E-state index contributed by atoms with van der Waals surface area (Å²) in [6, 6.07) is 6.64. The van der Waals surface area contributed by atoms with E-state index in [-0.39, 0.29) is 5.82 Å². The molecule has 2 aromatic rings. The van der Waals surface area contributed by atoms with Crippen molar-refractivity contribution >= 4 is 11.3 Å². The lowest BCUT2D eigenvalue weighted by Crippen LogP contribution is -2.12. The van der Waals surface area contributed by atoms with E-state index in [1.165, 1.54) is 10.9 Å². The lowest BCUT2D eigenvalue weighted by Gasteiger charge is -2.02. The average Bonchev–Trinajstić information content (AvgIpc) is 2.77. The maximum Gasteiger partial charge on any atom is 0.123 e. The zero-order chi connectivity index (χ0) is 12.1. The van der Waals surface area contributed by atoms with Crippen LogP contribution in [-0.4, -0.2) is 4.98 Å². The molecule has 0 aliphatic carbocycles. The van der Waals surface area contributed by atoms with E-state index in [4.69, 9.17) is 0 Å². The molecule has 1 aromatic heterocycles. The third-order valence-corrected chi connectivity index (χ3v) is 3.59. The third kappa shape index (κ3) is 3.61. The number of nitrogens with zero attached hydrogens (tertiary/aromatic N) is 1. The fourth-order valence-corrected chi connectivity index (χ4v) is 2.39. The van der Waals surface area contributed by atoms with Gasteiger partial charge in [0.2, 0.25) is 0 Å². The minimum absolute atomic E-state index is 0.188. The molecule has 0 saturated heterocycles. The summed E-state index contributed by atoms with van der Waals surface area (Å²) in [5.74, 6) is -0.188. The van der Waals surface area contributed by atoms with Gasteiger partial charge >= 0.3 is 0 Å². The van der Waals surface area contributed by atoms with E-state index in [1.807, 2.05) is 12.3 Å². The second kappa shape index (κ2) is 5.89. The van der Waals surface area contributed by atoms with Gasteiger partial charge in [0.15, 0.2) is 0 Å². The first-order valence-corrected chi connectivity index (χ1v) is 6.48. The van der Waals surface area contributed by atoms with Gasteiger partial charge in [0.05, 0.1) is 0 Å². The maximum absolute atomic E-state index is 12.9. The Morgan fingerprint density at radius 1 is 1.35 bits per heavy atom. The SMILES string of the molecule is CCc1cnc(CNCc2cccc(F)c2)s1. The highest BCUT2D eigenvalue weighted by atomic mass is 32.1. The van der Waals surface area contributed by atoms with Crippen LogP contribution >= 0.6 is 11.3 Å². The van der Waals surface area contributed by atoms with E-state index in [2.05, 4.69) is 17.2 Å². The monoisotopic (exact) mass is 250 g/mol. The van der Waals surface area contributed by atoms with E-state index in [0.717, 1.165) is 23.5 Å². The summed E-state index contributed by atoms with van der Waals surface area (Å²) in [5.41, 5.74) is 0.956. The molecule has 0 radical (unpaired) electrons. The lowest BCUT2D eigenvalue weighted by atomic mass is 10.2. The maximum atomic E-state index is 12.9. The van der Waals surface area contributed by atoms with Crippen molar-refractivity contribution < 1.29 is 4.39 Å². The zero-order valence-corrected chi connectivity index (χ0v) is 10.6. The van der Waals surface area contributed by atoms with Gasteiger partial charge in [-0.05, 0) is 24.1 Å². The van der Waals surface area contributed by atoms with E-state index in [0.29, 0.717) is 6.54 Å². The molecule has 1 aromatic carbocycles. The van der Waals surface area contributed by atoms with Gasteiger partial charge in [0.25, 0.3) is 0 Å². The predicted octanol–water partition coefficient (Wildman–Crippen LogP) is 3.13. The topological polar surface area (TPSA) is 24.9 Å². The van der Waals surface area contributed by atoms with Gasteiger partial charge < -0.3 is 5.32 Å². The predicted molar refractivity (Wildman–Crippen MR) is 68.4 cm³/mol. The zero-order valence-electron chi connectivity index (χ0n) is 9.74. The fraction of sp³-hybridized carbons (Fsp3) is 0.308. The Morgan fingerprint density at radius 3 is 2.94 bits per heavy atom. The highest BCUT2D eigenvalue weighted by Crippen LogP contribution is 2.13. The quantitative estimate of drug-likeness (QED) is 0.882. The molecule has 0 spiro atoms. The Labute approximate surface area is 105 Å². The van der Waals surface area contributed by atoms with E-state index < -0.39 is 0 Å². The molecule has 0 bridgehead atoms. The summed E-state index contributed by atoms with van der Waals surface area (Å²) in [6.07, 6.45) is 2.95. The van der Waals surface area contributed by atoms with Crippen LogP contribution in [0.15, 0.2) is 30.5 Å². The molecule has 4 heteroatoms. The number of benzene rings is 1. The number of aryl methyl sites for hydroxylation is 1. The van der Waals surface area contributed by atoms with Gasteiger partial charge in [-0.3, -0.25) is 0 Å². The first kappa shape index (κ1) is 12.2. The van der Waals surface area contributed by atoms with Gasteiger partial charge in [-0.1, -0.05) is 19.1 Å². The summed E-state index contributed by atoms with van der Waals surface area (Å²) in [6.45, 7) is 3.53. The van der Waals surface area contributed by atoms with Crippen LogP contribution in [-0.2, 0) is 19.5 Å². The Bertz CT molecular complexity index is 482.